The lowest BCUT2D eigenvalue weighted by atomic mass is 10.2. The SMILES string of the molecule is O=C(COc1ccc(I)cc1)NN=Cc1cc(Br)ccc1O. The van der Waals surface area contributed by atoms with Gasteiger partial charge in [0.2, 0.25) is 0 Å². The number of hydrogen-bond acceptors (Lipinski definition) is 4. The molecule has 22 heavy (non-hydrogen) atoms. The van der Waals surface area contributed by atoms with E-state index in [1.807, 2.05) is 12.1 Å². The summed E-state index contributed by atoms with van der Waals surface area (Å²) < 4.78 is 7.22. The Balaban J connectivity index is 1.83. The molecule has 2 N–H and O–H groups in total. The molecule has 0 radical (unpaired) electrons. The van der Waals surface area contributed by atoms with Crippen molar-refractivity contribution in [3.05, 3.63) is 56.1 Å². The Labute approximate surface area is 149 Å². The van der Waals surface area contributed by atoms with Crippen LogP contribution < -0.4 is 10.2 Å². The zero-order chi connectivity index (χ0) is 15.9. The summed E-state index contributed by atoms with van der Waals surface area (Å²) in [4.78, 5) is 11.6. The van der Waals surface area contributed by atoms with Crippen LogP contribution in [-0.4, -0.2) is 23.8 Å². The molecule has 7 heteroatoms. The highest BCUT2D eigenvalue weighted by Crippen LogP contribution is 2.19. The number of ether oxygens (including phenoxy) is 1. The number of phenolic OH excluding ortho intramolecular Hbond substituents is 1. The van der Waals surface area contributed by atoms with Gasteiger partial charge in [-0.05, 0) is 65.1 Å². The van der Waals surface area contributed by atoms with Gasteiger partial charge in [-0.25, -0.2) is 5.43 Å². The van der Waals surface area contributed by atoms with Crippen molar-refractivity contribution in [2.45, 2.75) is 0 Å². The van der Waals surface area contributed by atoms with E-state index in [-0.39, 0.29) is 18.3 Å². The number of hydrogen-bond donors (Lipinski definition) is 2. The third kappa shape index (κ3) is 5.30. The van der Waals surface area contributed by atoms with Crippen molar-refractivity contribution in [3.8, 4) is 11.5 Å². The summed E-state index contributed by atoms with van der Waals surface area (Å²) in [7, 11) is 0. The van der Waals surface area contributed by atoms with Gasteiger partial charge in [-0.1, -0.05) is 15.9 Å². The second-order valence-corrected chi connectivity index (χ2v) is 6.40. The lowest BCUT2D eigenvalue weighted by molar-refractivity contribution is -0.123. The number of hydrazone groups is 1. The molecule has 1 amide bonds. The van der Waals surface area contributed by atoms with E-state index < -0.39 is 0 Å². The molecule has 0 saturated carbocycles. The molecule has 114 valence electrons. The Morgan fingerprint density at radius 2 is 2.05 bits per heavy atom. The number of nitrogens with one attached hydrogen (secondary N) is 1. The van der Waals surface area contributed by atoms with Crippen molar-refractivity contribution in [1.29, 1.82) is 0 Å². The molecule has 0 saturated heterocycles. The number of aromatic hydroxyl groups is 1. The number of amides is 1. The number of nitrogens with zero attached hydrogens (tertiary/aromatic N) is 1. The Morgan fingerprint density at radius 1 is 1.32 bits per heavy atom. The Bertz CT molecular complexity index is 690. The van der Waals surface area contributed by atoms with E-state index in [2.05, 4.69) is 49.0 Å². The van der Waals surface area contributed by atoms with Gasteiger partial charge in [0, 0.05) is 13.6 Å². The number of phenols is 1. The molecule has 0 fully saturated rings. The molecule has 0 heterocycles. The van der Waals surface area contributed by atoms with E-state index in [0.717, 1.165) is 8.04 Å². The standard InChI is InChI=1S/C15H12BrIN2O3/c16-11-1-6-14(20)10(7-11)8-18-19-15(21)9-22-13-4-2-12(17)3-5-13/h1-8,20H,9H2,(H,19,21). The Kier molecular flexibility index (Phi) is 6.20. The summed E-state index contributed by atoms with van der Waals surface area (Å²) in [6.45, 7) is -0.137. The number of carbonyl (C=O) groups is 1. The Hall–Kier alpha value is -1.61. The topological polar surface area (TPSA) is 70.9 Å². The first-order valence-electron chi connectivity index (χ1n) is 6.23. The number of carbonyl (C=O) groups excluding carboxylic acids is 1. The minimum atomic E-state index is -0.385. The highest BCUT2D eigenvalue weighted by molar-refractivity contribution is 14.1. The van der Waals surface area contributed by atoms with Crippen LogP contribution in [0.4, 0.5) is 0 Å². The normalized spacial score (nSPS) is 10.6. The van der Waals surface area contributed by atoms with Crippen LogP contribution in [0.1, 0.15) is 5.56 Å². The first kappa shape index (κ1) is 16.8. The number of halogens is 2. The van der Waals surface area contributed by atoms with E-state index in [9.17, 15) is 9.90 Å². The summed E-state index contributed by atoms with van der Waals surface area (Å²) in [5.41, 5.74) is 2.83. The van der Waals surface area contributed by atoms with Crippen LogP contribution in [0.2, 0.25) is 0 Å². The fraction of sp³-hybridized carbons (Fsp3) is 0.0667. The van der Waals surface area contributed by atoms with Crippen LogP contribution in [0, 0.1) is 3.57 Å². The fourth-order valence-corrected chi connectivity index (χ4v) is 2.25. The minimum absolute atomic E-state index is 0.0799. The molecular weight excluding hydrogens is 463 g/mol. The van der Waals surface area contributed by atoms with Crippen LogP contribution in [0.25, 0.3) is 0 Å². The molecule has 0 aliphatic carbocycles. The van der Waals surface area contributed by atoms with Crippen molar-refractivity contribution in [3.63, 3.8) is 0 Å². The van der Waals surface area contributed by atoms with Gasteiger partial charge in [-0.2, -0.15) is 5.10 Å². The molecule has 0 aliphatic heterocycles. The van der Waals surface area contributed by atoms with Crippen LogP contribution in [0.15, 0.2) is 52.0 Å². The third-order valence-electron chi connectivity index (χ3n) is 2.57. The van der Waals surface area contributed by atoms with Crippen molar-refractivity contribution < 1.29 is 14.6 Å². The lowest BCUT2D eigenvalue weighted by Gasteiger charge is -2.05. The quantitative estimate of drug-likeness (QED) is 0.397. The van der Waals surface area contributed by atoms with Gasteiger partial charge in [0.25, 0.3) is 5.91 Å². The lowest BCUT2D eigenvalue weighted by Crippen LogP contribution is -2.24. The van der Waals surface area contributed by atoms with E-state index in [1.54, 1.807) is 24.3 Å². The molecule has 5 nitrogen and oxygen atoms in total. The molecule has 0 aromatic heterocycles. The van der Waals surface area contributed by atoms with Crippen molar-refractivity contribution >= 4 is 50.6 Å². The van der Waals surface area contributed by atoms with Gasteiger partial charge in [0.15, 0.2) is 6.61 Å². The highest BCUT2D eigenvalue weighted by atomic mass is 127. The van der Waals surface area contributed by atoms with Gasteiger partial charge in [0.1, 0.15) is 11.5 Å². The van der Waals surface area contributed by atoms with E-state index in [4.69, 9.17) is 4.74 Å². The molecule has 0 unspecified atom stereocenters. The van der Waals surface area contributed by atoms with Crippen molar-refractivity contribution in [1.82, 2.24) is 5.43 Å². The molecule has 2 rings (SSSR count). The summed E-state index contributed by atoms with van der Waals surface area (Å²) in [5.74, 6) is 0.310. The third-order valence-corrected chi connectivity index (χ3v) is 3.78. The molecule has 2 aromatic rings. The maximum Gasteiger partial charge on any atom is 0.277 e. The smallest absolute Gasteiger partial charge is 0.277 e. The number of benzene rings is 2. The largest absolute Gasteiger partial charge is 0.507 e. The van der Waals surface area contributed by atoms with Crippen LogP contribution in [0.5, 0.6) is 11.5 Å². The van der Waals surface area contributed by atoms with Gasteiger partial charge in [0.05, 0.1) is 6.21 Å². The average Bonchev–Trinajstić information content (AvgIpc) is 2.50. The molecule has 0 atom stereocenters. The number of rotatable bonds is 5. The van der Waals surface area contributed by atoms with Crippen LogP contribution in [-0.2, 0) is 4.79 Å². The van der Waals surface area contributed by atoms with Crippen LogP contribution in [0.3, 0.4) is 0 Å². The summed E-state index contributed by atoms with van der Waals surface area (Å²) in [6, 6.07) is 12.3. The maximum absolute atomic E-state index is 11.6. The minimum Gasteiger partial charge on any atom is -0.507 e. The zero-order valence-corrected chi connectivity index (χ0v) is 15.0. The highest BCUT2D eigenvalue weighted by Gasteiger charge is 2.02. The van der Waals surface area contributed by atoms with Gasteiger partial charge >= 0.3 is 0 Å². The summed E-state index contributed by atoms with van der Waals surface area (Å²) >= 11 is 5.48. The van der Waals surface area contributed by atoms with E-state index >= 15 is 0 Å². The molecule has 0 bridgehead atoms. The predicted octanol–water partition coefficient (Wildman–Crippen LogP) is 3.29. The van der Waals surface area contributed by atoms with Gasteiger partial charge in [-0.3, -0.25) is 4.79 Å². The van der Waals surface area contributed by atoms with Gasteiger partial charge in [-0.15, -0.1) is 0 Å². The van der Waals surface area contributed by atoms with Crippen molar-refractivity contribution in [2.75, 3.05) is 6.61 Å². The zero-order valence-electron chi connectivity index (χ0n) is 11.3. The molecular formula is C15H12BrIN2O3. The Morgan fingerprint density at radius 3 is 2.77 bits per heavy atom. The second kappa shape index (κ2) is 8.14. The average molecular weight is 475 g/mol. The first-order valence-corrected chi connectivity index (χ1v) is 8.10. The van der Waals surface area contributed by atoms with E-state index in [1.165, 1.54) is 12.3 Å². The van der Waals surface area contributed by atoms with Gasteiger partial charge < -0.3 is 9.84 Å². The fourth-order valence-electron chi connectivity index (χ4n) is 1.51. The molecule has 0 aliphatic rings. The first-order chi connectivity index (χ1) is 10.5. The summed E-state index contributed by atoms with van der Waals surface area (Å²) in [6.07, 6.45) is 1.36. The molecule has 0 spiro atoms. The molecule has 2 aromatic carbocycles. The predicted molar refractivity (Wildman–Crippen MR) is 96.2 cm³/mol. The summed E-state index contributed by atoms with van der Waals surface area (Å²) in [5, 5.41) is 13.4. The second-order valence-electron chi connectivity index (χ2n) is 4.24. The monoisotopic (exact) mass is 474 g/mol. The maximum atomic E-state index is 11.6. The van der Waals surface area contributed by atoms with E-state index in [0.29, 0.717) is 11.3 Å². The van der Waals surface area contributed by atoms with Crippen molar-refractivity contribution in [2.24, 2.45) is 5.10 Å². The van der Waals surface area contributed by atoms with Crippen LogP contribution >= 0.6 is 38.5 Å².